The van der Waals surface area contributed by atoms with Crippen molar-refractivity contribution in [2.45, 2.75) is 18.6 Å². The Balaban J connectivity index is 2.36. The maximum atomic E-state index is 12.9. The maximum absolute atomic E-state index is 12.9. The van der Waals surface area contributed by atoms with Gasteiger partial charge in [0.05, 0.1) is 6.07 Å². The Hall–Kier alpha value is -1.47. The molecule has 1 saturated heterocycles. The first-order chi connectivity index (χ1) is 6.58. The normalized spacial score (nSPS) is 29.7. The van der Waals surface area contributed by atoms with Crippen LogP contribution in [0.2, 0.25) is 0 Å². The van der Waals surface area contributed by atoms with E-state index >= 15 is 0 Å². The molecule has 72 valence electrons. The van der Waals surface area contributed by atoms with E-state index in [2.05, 4.69) is 0 Å². The summed E-state index contributed by atoms with van der Waals surface area (Å²) < 4.78 is 30.5. The summed E-state index contributed by atoms with van der Waals surface area (Å²) in [5.74, 6) is -1.82. The van der Waals surface area contributed by atoms with Gasteiger partial charge in [0.1, 0.15) is 5.60 Å². The molecule has 1 aliphatic heterocycles. The standard InChI is InChI=1S/C10H7F2NO/c1-10(9(5-13)14-10)6-2-3-7(11)8(12)4-6/h2-4,9H,1H3. The number of epoxide rings is 1. The van der Waals surface area contributed by atoms with E-state index in [9.17, 15) is 8.78 Å². The van der Waals surface area contributed by atoms with E-state index in [-0.39, 0.29) is 0 Å². The number of hydrogen-bond acceptors (Lipinski definition) is 2. The van der Waals surface area contributed by atoms with Crippen LogP contribution in [-0.4, -0.2) is 6.10 Å². The monoisotopic (exact) mass is 195 g/mol. The molecule has 1 fully saturated rings. The van der Waals surface area contributed by atoms with E-state index in [1.165, 1.54) is 6.07 Å². The molecule has 2 unspecified atom stereocenters. The largest absolute Gasteiger partial charge is 0.345 e. The number of halogens is 2. The highest BCUT2D eigenvalue weighted by molar-refractivity contribution is 5.32. The Morgan fingerprint density at radius 1 is 1.43 bits per heavy atom. The number of nitrogens with zero attached hydrogens (tertiary/aromatic N) is 1. The van der Waals surface area contributed by atoms with E-state index in [0.717, 1.165) is 12.1 Å². The van der Waals surface area contributed by atoms with Crippen LogP contribution in [0.4, 0.5) is 8.78 Å². The Kier molecular flexibility index (Phi) is 1.79. The van der Waals surface area contributed by atoms with Crippen LogP contribution in [0.15, 0.2) is 18.2 Å². The van der Waals surface area contributed by atoms with Gasteiger partial charge in [-0.1, -0.05) is 6.07 Å². The Morgan fingerprint density at radius 2 is 2.14 bits per heavy atom. The lowest BCUT2D eigenvalue weighted by atomic mass is 9.98. The van der Waals surface area contributed by atoms with E-state index in [0.29, 0.717) is 5.56 Å². The number of nitriles is 1. The van der Waals surface area contributed by atoms with Crippen LogP contribution in [0.5, 0.6) is 0 Å². The van der Waals surface area contributed by atoms with Crippen molar-refractivity contribution in [3.63, 3.8) is 0 Å². The lowest BCUT2D eigenvalue weighted by Gasteiger charge is -2.05. The summed E-state index contributed by atoms with van der Waals surface area (Å²) in [4.78, 5) is 0. The van der Waals surface area contributed by atoms with Crippen molar-refractivity contribution in [3.8, 4) is 6.07 Å². The van der Waals surface area contributed by atoms with E-state index in [1.54, 1.807) is 6.92 Å². The molecule has 2 atom stereocenters. The molecule has 0 radical (unpaired) electrons. The summed E-state index contributed by atoms with van der Waals surface area (Å²) in [7, 11) is 0. The minimum Gasteiger partial charge on any atom is -0.345 e. The van der Waals surface area contributed by atoms with E-state index in [1.807, 2.05) is 6.07 Å². The molecule has 1 aliphatic rings. The lowest BCUT2D eigenvalue weighted by molar-refractivity contribution is 0.320. The van der Waals surface area contributed by atoms with Crippen molar-refractivity contribution >= 4 is 0 Å². The highest BCUT2D eigenvalue weighted by Crippen LogP contribution is 2.45. The van der Waals surface area contributed by atoms with Crippen molar-refractivity contribution < 1.29 is 13.5 Å². The fourth-order valence-corrected chi connectivity index (χ4v) is 1.38. The second kappa shape index (κ2) is 2.76. The molecular formula is C10H7F2NO. The van der Waals surface area contributed by atoms with Crippen molar-refractivity contribution in [2.75, 3.05) is 0 Å². The average molecular weight is 195 g/mol. The van der Waals surface area contributed by atoms with Gasteiger partial charge in [0, 0.05) is 0 Å². The lowest BCUT2D eigenvalue weighted by Crippen LogP contribution is -2.07. The van der Waals surface area contributed by atoms with Gasteiger partial charge in [-0.3, -0.25) is 0 Å². The molecular weight excluding hydrogens is 188 g/mol. The molecule has 1 heterocycles. The minimum absolute atomic E-state index is 0.489. The van der Waals surface area contributed by atoms with E-state index in [4.69, 9.17) is 10.00 Å². The average Bonchev–Trinajstić information content (AvgIpc) is 2.83. The molecule has 0 saturated carbocycles. The van der Waals surface area contributed by atoms with Gasteiger partial charge in [0.15, 0.2) is 17.7 Å². The molecule has 1 aromatic rings. The molecule has 4 heteroatoms. The highest BCUT2D eigenvalue weighted by atomic mass is 19.2. The van der Waals surface area contributed by atoms with Gasteiger partial charge in [-0.15, -0.1) is 0 Å². The van der Waals surface area contributed by atoms with Crippen LogP contribution in [0, 0.1) is 23.0 Å². The molecule has 14 heavy (non-hydrogen) atoms. The predicted molar refractivity (Wildman–Crippen MR) is 44.2 cm³/mol. The van der Waals surface area contributed by atoms with Crippen LogP contribution in [0.1, 0.15) is 12.5 Å². The van der Waals surface area contributed by atoms with Gasteiger partial charge in [-0.05, 0) is 24.6 Å². The molecule has 0 amide bonds. The molecule has 1 aromatic carbocycles. The van der Waals surface area contributed by atoms with Crippen LogP contribution in [0.25, 0.3) is 0 Å². The topological polar surface area (TPSA) is 36.3 Å². The van der Waals surface area contributed by atoms with Gasteiger partial charge in [-0.2, -0.15) is 5.26 Å². The van der Waals surface area contributed by atoms with Crippen LogP contribution < -0.4 is 0 Å². The molecule has 0 aromatic heterocycles. The first kappa shape index (κ1) is 9.10. The Labute approximate surface area is 79.7 Å². The van der Waals surface area contributed by atoms with Crippen LogP contribution in [0.3, 0.4) is 0 Å². The Bertz CT molecular complexity index is 427. The number of ether oxygens (including phenoxy) is 1. The third-order valence-electron chi connectivity index (χ3n) is 2.42. The predicted octanol–water partition coefficient (Wildman–Crippen LogP) is 2.10. The third-order valence-corrected chi connectivity index (χ3v) is 2.42. The fraction of sp³-hybridized carbons (Fsp3) is 0.300. The molecule has 0 bridgehead atoms. The summed E-state index contributed by atoms with van der Waals surface area (Å²) >= 11 is 0. The van der Waals surface area contributed by atoms with Gasteiger partial charge < -0.3 is 4.74 Å². The van der Waals surface area contributed by atoms with Crippen molar-refractivity contribution in [2.24, 2.45) is 0 Å². The molecule has 2 rings (SSSR count). The molecule has 0 aliphatic carbocycles. The highest BCUT2D eigenvalue weighted by Gasteiger charge is 2.54. The number of benzene rings is 1. The zero-order valence-electron chi connectivity index (χ0n) is 7.42. The summed E-state index contributed by atoms with van der Waals surface area (Å²) in [5, 5.41) is 8.58. The van der Waals surface area contributed by atoms with Crippen LogP contribution in [-0.2, 0) is 10.3 Å². The first-order valence-corrected chi connectivity index (χ1v) is 4.11. The summed E-state index contributed by atoms with van der Waals surface area (Å²) in [6.45, 7) is 1.67. The smallest absolute Gasteiger partial charge is 0.178 e. The third kappa shape index (κ3) is 1.17. The minimum atomic E-state index is -0.920. The van der Waals surface area contributed by atoms with Gasteiger partial charge in [-0.25, -0.2) is 8.78 Å². The van der Waals surface area contributed by atoms with Crippen molar-refractivity contribution in [3.05, 3.63) is 35.4 Å². The molecule has 2 nitrogen and oxygen atoms in total. The van der Waals surface area contributed by atoms with E-state index < -0.39 is 23.3 Å². The van der Waals surface area contributed by atoms with Crippen molar-refractivity contribution in [1.29, 1.82) is 5.26 Å². The molecule has 0 spiro atoms. The SMILES string of the molecule is CC1(c2ccc(F)c(F)c2)OC1C#N. The molecule has 0 N–H and O–H groups in total. The van der Waals surface area contributed by atoms with Crippen molar-refractivity contribution in [1.82, 2.24) is 0 Å². The van der Waals surface area contributed by atoms with Gasteiger partial charge in [0.2, 0.25) is 0 Å². The maximum Gasteiger partial charge on any atom is 0.178 e. The second-order valence-electron chi connectivity index (χ2n) is 3.36. The van der Waals surface area contributed by atoms with Gasteiger partial charge >= 0.3 is 0 Å². The quantitative estimate of drug-likeness (QED) is 0.643. The summed E-state index contributed by atoms with van der Waals surface area (Å²) in [6.07, 6.45) is -0.563. The van der Waals surface area contributed by atoms with Gasteiger partial charge in [0.25, 0.3) is 0 Å². The summed E-state index contributed by atoms with van der Waals surface area (Å²) in [6, 6.07) is 5.45. The fourth-order valence-electron chi connectivity index (χ4n) is 1.38. The first-order valence-electron chi connectivity index (χ1n) is 4.11. The van der Waals surface area contributed by atoms with Crippen LogP contribution >= 0.6 is 0 Å². The number of rotatable bonds is 1. The summed E-state index contributed by atoms with van der Waals surface area (Å²) in [5.41, 5.74) is -0.286. The zero-order valence-corrected chi connectivity index (χ0v) is 7.42. The second-order valence-corrected chi connectivity index (χ2v) is 3.36. The zero-order chi connectivity index (χ0) is 10.3. The number of hydrogen-bond donors (Lipinski definition) is 0. The Morgan fingerprint density at radius 3 is 2.64 bits per heavy atom.